The number of nitrogens with zero attached hydrogens (tertiary/aromatic N) is 6. The Balaban J connectivity index is 1.27. The fourth-order valence-electron chi connectivity index (χ4n) is 5.32. The van der Waals surface area contributed by atoms with Crippen molar-refractivity contribution in [2.45, 2.75) is 37.8 Å². The first-order valence-corrected chi connectivity index (χ1v) is 12.6. The first-order chi connectivity index (χ1) is 17.9. The third kappa shape index (κ3) is 4.42. The van der Waals surface area contributed by atoms with Crippen molar-refractivity contribution in [1.82, 2.24) is 25.0 Å². The number of aromatic nitrogens is 3. The summed E-state index contributed by atoms with van der Waals surface area (Å²) < 4.78 is 41.4. The summed E-state index contributed by atoms with van der Waals surface area (Å²) >= 11 is 0. The van der Waals surface area contributed by atoms with E-state index in [0.29, 0.717) is 49.6 Å². The van der Waals surface area contributed by atoms with Crippen molar-refractivity contribution < 1.29 is 18.3 Å². The molecular formula is C25H32F2N8O2. The predicted octanol–water partition coefficient (Wildman–Crippen LogP) is 2.66. The van der Waals surface area contributed by atoms with E-state index in [9.17, 15) is 8.78 Å². The Morgan fingerprint density at radius 1 is 1.27 bits per heavy atom. The van der Waals surface area contributed by atoms with Crippen LogP contribution in [0, 0.1) is 0 Å². The van der Waals surface area contributed by atoms with Gasteiger partial charge < -0.3 is 14.8 Å². The number of hydrazine groups is 2. The molecule has 3 atom stereocenters. The highest BCUT2D eigenvalue weighted by Gasteiger charge is 2.36. The molecule has 0 unspecified atom stereocenters. The number of alkyl halides is 2. The van der Waals surface area contributed by atoms with Crippen LogP contribution < -0.4 is 25.6 Å². The number of nitrogens with one attached hydrogen (secondary N) is 2. The minimum atomic E-state index is -1.03. The summed E-state index contributed by atoms with van der Waals surface area (Å²) in [4.78, 5) is 6.74. The van der Waals surface area contributed by atoms with Crippen molar-refractivity contribution in [2.24, 2.45) is 0 Å². The van der Waals surface area contributed by atoms with Crippen LogP contribution in [0.4, 0.5) is 26.1 Å². The zero-order valence-corrected chi connectivity index (χ0v) is 21.2. The number of hydrogen-bond donors (Lipinski definition) is 2. The van der Waals surface area contributed by atoms with Crippen molar-refractivity contribution in [2.75, 3.05) is 62.3 Å². The first kappa shape index (κ1) is 24.1. The summed E-state index contributed by atoms with van der Waals surface area (Å²) in [5, 5.41) is 11.5. The summed E-state index contributed by atoms with van der Waals surface area (Å²) in [6.45, 7) is 4.31. The van der Waals surface area contributed by atoms with Gasteiger partial charge in [-0.1, -0.05) is 6.07 Å². The minimum absolute atomic E-state index is 0.224. The van der Waals surface area contributed by atoms with Crippen LogP contribution in [0.15, 0.2) is 30.5 Å². The number of ether oxygens (including phenoxy) is 2. The van der Waals surface area contributed by atoms with Crippen LogP contribution in [-0.4, -0.2) is 90.9 Å². The Labute approximate surface area is 214 Å². The molecule has 2 aromatic heterocycles. The highest BCUT2D eigenvalue weighted by atomic mass is 19.1. The number of halogens is 2. The van der Waals surface area contributed by atoms with Gasteiger partial charge in [0.15, 0.2) is 0 Å². The molecule has 3 aromatic rings. The highest BCUT2D eigenvalue weighted by Crippen LogP contribution is 2.39. The van der Waals surface area contributed by atoms with Gasteiger partial charge in [-0.25, -0.2) is 13.3 Å². The molecular weight excluding hydrogens is 482 g/mol. The number of benzene rings is 1. The Bertz CT molecular complexity index is 1280. The molecule has 2 saturated heterocycles. The molecule has 3 aliphatic rings. The van der Waals surface area contributed by atoms with Crippen LogP contribution in [0.2, 0.25) is 0 Å². The molecule has 3 aliphatic heterocycles. The number of fused-ring (bicyclic) bond motifs is 2. The van der Waals surface area contributed by atoms with E-state index >= 15 is 0 Å². The predicted molar refractivity (Wildman–Crippen MR) is 138 cm³/mol. The average Bonchev–Trinajstić information content (AvgIpc) is 3.39. The lowest BCUT2D eigenvalue weighted by molar-refractivity contribution is -0.0794. The van der Waals surface area contributed by atoms with Crippen molar-refractivity contribution in [1.29, 1.82) is 0 Å². The molecule has 198 valence electrons. The van der Waals surface area contributed by atoms with Crippen LogP contribution in [-0.2, 0) is 4.74 Å². The van der Waals surface area contributed by atoms with Gasteiger partial charge in [0.2, 0.25) is 11.8 Å². The molecule has 5 heterocycles. The van der Waals surface area contributed by atoms with Crippen LogP contribution in [0.3, 0.4) is 0 Å². The molecule has 0 bridgehead atoms. The van der Waals surface area contributed by atoms with Crippen molar-refractivity contribution in [3.8, 4) is 17.0 Å². The summed E-state index contributed by atoms with van der Waals surface area (Å²) in [7, 11) is 3.46. The van der Waals surface area contributed by atoms with Crippen molar-refractivity contribution >= 4 is 22.8 Å². The minimum Gasteiger partial charge on any atom is -0.479 e. The summed E-state index contributed by atoms with van der Waals surface area (Å²) in [5.74, 6) is 0.712. The number of hydrogen-bond acceptors (Lipinski definition) is 9. The van der Waals surface area contributed by atoms with Crippen molar-refractivity contribution in [3.63, 3.8) is 0 Å². The molecule has 2 fully saturated rings. The van der Waals surface area contributed by atoms with E-state index in [1.807, 2.05) is 42.5 Å². The molecule has 0 spiro atoms. The van der Waals surface area contributed by atoms with Gasteiger partial charge in [0.1, 0.15) is 17.9 Å². The lowest BCUT2D eigenvalue weighted by Gasteiger charge is -2.42. The average molecular weight is 515 g/mol. The van der Waals surface area contributed by atoms with E-state index in [-0.39, 0.29) is 12.6 Å². The maximum Gasteiger partial charge on any atom is 0.244 e. The van der Waals surface area contributed by atoms with Crippen LogP contribution in [0.5, 0.6) is 5.88 Å². The maximum absolute atomic E-state index is 15.0. The molecule has 12 heteroatoms. The van der Waals surface area contributed by atoms with E-state index < -0.39 is 12.3 Å². The second-order valence-corrected chi connectivity index (χ2v) is 9.96. The Morgan fingerprint density at radius 3 is 2.81 bits per heavy atom. The molecule has 0 amide bonds. The number of methoxy groups -OCH3 is 1. The topological polar surface area (TPSA) is 82.4 Å². The molecule has 0 radical (unpaired) electrons. The molecule has 0 aliphatic carbocycles. The molecule has 0 saturated carbocycles. The van der Waals surface area contributed by atoms with E-state index in [1.165, 1.54) is 6.92 Å². The largest absolute Gasteiger partial charge is 0.479 e. The van der Waals surface area contributed by atoms with Gasteiger partial charge in [0, 0.05) is 31.9 Å². The fraction of sp³-hybridized carbons (Fsp3) is 0.520. The van der Waals surface area contributed by atoms with Gasteiger partial charge in [-0.3, -0.25) is 14.9 Å². The van der Waals surface area contributed by atoms with E-state index in [4.69, 9.17) is 9.47 Å². The maximum atomic E-state index is 15.0. The quantitative estimate of drug-likeness (QED) is 0.495. The summed E-state index contributed by atoms with van der Waals surface area (Å²) in [5.41, 5.74) is 7.53. The number of likely N-dealkylation sites (tertiary alicyclic amines) is 1. The van der Waals surface area contributed by atoms with Gasteiger partial charge in [0.05, 0.1) is 50.3 Å². The zero-order valence-electron chi connectivity index (χ0n) is 21.2. The second kappa shape index (κ2) is 9.58. The standard InChI is InChI=1S/C25H32F2N8O2/c1-15(26)11-35-22-10-16(4-5-21(22)32(2)31-35)18-6-9-34-23(18)24(36-3)29-25(30-34)28-20-7-8-33(12-19(20)27)17-13-37-14-17/h4-6,9-10,15,17,19-20,31H,7-8,11-14H2,1-3H3,(H,28,30)/t15-,19+,20+/m0/s1. The fourth-order valence-corrected chi connectivity index (χ4v) is 5.32. The number of rotatable bonds is 7. The monoisotopic (exact) mass is 514 g/mol. The van der Waals surface area contributed by atoms with Crippen LogP contribution >= 0.6 is 0 Å². The number of piperidine rings is 1. The molecule has 2 N–H and O–H groups in total. The lowest BCUT2D eigenvalue weighted by Crippen LogP contribution is -2.57. The van der Waals surface area contributed by atoms with E-state index in [1.54, 1.807) is 16.6 Å². The third-order valence-corrected chi connectivity index (χ3v) is 7.34. The van der Waals surface area contributed by atoms with Gasteiger partial charge in [-0.2, -0.15) is 4.98 Å². The first-order valence-electron chi connectivity index (χ1n) is 12.6. The van der Waals surface area contributed by atoms with Crippen LogP contribution in [0.1, 0.15) is 13.3 Å². The SMILES string of the molecule is COc1nc(N[C@@H]2CCN(C3COC3)C[C@H]2F)nn2ccc(-c3ccc4c(c3)N(C[C@H](C)F)NN4C)c12. The normalized spacial score (nSPS) is 23.3. The van der Waals surface area contributed by atoms with Crippen LogP contribution in [0.25, 0.3) is 16.6 Å². The van der Waals surface area contributed by atoms with Gasteiger partial charge in [-0.05, 0) is 37.1 Å². The Kier molecular flexibility index (Phi) is 6.25. The van der Waals surface area contributed by atoms with Crippen molar-refractivity contribution in [3.05, 3.63) is 30.5 Å². The summed E-state index contributed by atoms with van der Waals surface area (Å²) in [6, 6.07) is 7.92. The van der Waals surface area contributed by atoms with Gasteiger partial charge in [0.25, 0.3) is 0 Å². The van der Waals surface area contributed by atoms with Gasteiger partial charge in [-0.15, -0.1) is 10.6 Å². The smallest absolute Gasteiger partial charge is 0.244 e. The van der Waals surface area contributed by atoms with E-state index in [2.05, 4.69) is 25.8 Å². The third-order valence-electron chi connectivity index (χ3n) is 7.34. The molecule has 6 rings (SSSR count). The Hall–Kier alpha value is -3.22. The lowest BCUT2D eigenvalue weighted by atomic mass is 10.0. The molecule has 1 aromatic carbocycles. The Morgan fingerprint density at radius 2 is 2.11 bits per heavy atom. The summed E-state index contributed by atoms with van der Waals surface area (Å²) in [6.07, 6.45) is 0.469. The van der Waals surface area contributed by atoms with E-state index in [0.717, 1.165) is 29.0 Å². The molecule has 37 heavy (non-hydrogen) atoms. The zero-order chi connectivity index (χ0) is 25.7. The second-order valence-electron chi connectivity index (χ2n) is 9.96. The number of anilines is 3. The van der Waals surface area contributed by atoms with Gasteiger partial charge >= 0.3 is 0 Å². The molecule has 10 nitrogen and oxygen atoms in total. The highest BCUT2D eigenvalue weighted by molar-refractivity contribution is 5.89.